The first-order valence-corrected chi connectivity index (χ1v) is 12.1. The number of hydrogen-bond donors (Lipinski definition) is 1. The van der Waals surface area contributed by atoms with Gasteiger partial charge < -0.3 is 4.74 Å². The molecule has 1 N–H and O–H groups in total. The number of rotatable bonds is 11. The van der Waals surface area contributed by atoms with Gasteiger partial charge in [-0.2, -0.15) is 4.79 Å². The third-order valence-corrected chi connectivity index (χ3v) is 7.31. The molecule has 2 aliphatic rings. The van der Waals surface area contributed by atoms with Crippen molar-refractivity contribution in [1.29, 1.82) is 0 Å². The van der Waals surface area contributed by atoms with Crippen LogP contribution in [0.5, 0.6) is 0 Å². The van der Waals surface area contributed by atoms with Crippen molar-refractivity contribution in [2.45, 2.75) is 96.2 Å². The number of benzene rings is 1. The Hall–Kier alpha value is -1.43. The lowest BCUT2D eigenvalue weighted by Crippen LogP contribution is -2.58. The number of carbonyl (C=O) groups excluding carboxylic acids is 1. The van der Waals surface area contributed by atoms with Gasteiger partial charge in [0.25, 0.3) is 0 Å². The van der Waals surface area contributed by atoms with Gasteiger partial charge in [0.15, 0.2) is 11.6 Å². The minimum Gasteiger partial charge on any atom is -0.405 e. The Morgan fingerprint density at radius 2 is 1.63 bits per heavy atom. The second kappa shape index (κ2) is 10.7. The van der Waals surface area contributed by atoms with Gasteiger partial charge in [-0.1, -0.05) is 80.4 Å². The van der Waals surface area contributed by atoms with Crippen LogP contribution in [-0.2, 0) is 11.3 Å². The Balaban J connectivity index is 1.45. The Bertz CT molecular complexity index is 658. The molecule has 2 unspecified atom stereocenters. The van der Waals surface area contributed by atoms with E-state index < -0.39 is 16.3 Å². The molecule has 5 nitrogen and oxygen atoms in total. The summed E-state index contributed by atoms with van der Waals surface area (Å²) in [6, 6.07) is 10.3. The van der Waals surface area contributed by atoms with Crippen molar-refractivity contribution in [2.75, 3.05) is 19.6 Å². The maximum Gasteiger partial charge on any atom is 0.550 e. The molecule has 168 valence electrons. The topological polar surface area (TPSA) is 49.8 Å². The standard InChI is InChI=1S/C25H41N2O3/c1-3-4-5-6-7-8-9-13-20-27(29)22(2)25(30-24(27)28)16-18-26(19-17-25)21-23-14-11-10-12-15-23/h10-12,14-15,22,29H,3-9,13,16-21H2,1-2H3/q+1. The van der Waals surface area contributed by atoms with Gasteiger partial charge in [0.1, 0.15) is 6.54 Å². The Labute approximate surface area is 182 Å². The van der Waals surface area contributed by atoms with E-state index in [1.54, 1.807) is 0 Å². The fourth-order valence-electron chi connectivity index (χ4n) is 5.11. The number of carbonyl (C=O) groups is 1. The van der Waals surface area contributed by atoms with E-state index in [9.17, 15) is 10.0 Å². The summed E-state index contributed by atoms with van der Waals surface area (Å²) in [5.74, 6) is 0. The van der Waals surface area contributed by atoms with E-state index >= 15 is 0 Å². The maximum atomic E-state index is 12.7. The number of unbranched alkanes of at least 4 members (excludes halogenated alkanes) is 7. The van der Waals surface area contributed by atoms with Crippen LogP contribution in [-0.4, -0.2) is 52.1 Å². The molecule has 0 bridgehead atoms. The fraction of sp³-hybridized carbons (Fsp3) is 0.720. The lowest BCUT2D eigenvalue weighted by atomic mass is 9.84. The number of nitrogens with zero attached hydrogens (tertiary/aromatic N) is 2. The highest BCUT2D eigenvalue weighted by atomic mass is 16.7. The van der Waals surface area contributed by atoms with Crippen LogP contribution in [0.2, 0.25) is 0 Å². The number of likely N-dealkylation sites (tertiary alicyclic amines) is 1. The fourth-order valence-corrected chi connectivity index (χ4v) is 5.11. The lowest BCUT2D eigenvalue weighted by Gasteiger charge is -2.39. The molecule has 0 aliphatic carbocycles. The van der Waals surface area contributed by atoms with Gasteiger partial charge in [0.2, 0.25) is 0 Å². The van der Waals surface area contributed by atoms with Crippen molar-refractivity contribution in [3.05, 3.63) is 35.9 Å². The summed E-state index contributed by atoms with van der Waals surface area (Å²) in [4.78, 5) is 15.1. The van der Waals surface area contributed by atoms with Crippen molar-refractivity contribution in [1.82, 2.24) is 4.90 Å². The molecular weight excluding hydrogens is 376 g/mol. The third kappa shape index (κ3) is 5.43. The van der Waals surface area contributed by atoms with Gasteiger partial charge in [-0.3, -0.25) is 4.90 Å². The van der Waals surface area contributed by atoms with Crippen molar-refractivity contribution in [3.63, 3.8) is 0 Å². The minimum absolute atomic E-state index is 0.201. The third-order valence-electron chi connectivity index (χ3n) is 7.31. The average Bonchev–Trinajstić information content (AvgIpc) is 2.94. The largest absolute Gasteiger partial charge is 0.550 e. The predicted molar refractivity (Wildman–Crippen MR) is 119 cm³/mol. The Morgan fingerprint density at radius 3 is 2.27 bits per heavy atom. The molecule has 0 saturated carbocycles. The number of piperidine rings is 1. The second-order valence-corrected chi connectivity index (χ2v) is 9.40. The molecule has 1 aromatic carbocycles. The van der Waals surface area contributed by atoms with Crippen LogP contribution >= 0.6 is 0 Å². The molecule has 1 amide bonds. The smallest absolute Gasteiger partial charge is 0.405 e. The van der Waals surface area contributed by atoms with Crippen LogP contribution in [0, 0.1) is 0 Å². The first-order chi connectivity index (χ1) is 14.5. The maximum absolute atomic E-state index is 12.7. The van der Waals surface area contributed by atoms with Crippen LogP contribution < -0.4 is 0 Å². The molecule has 2 fully saturated rings. The highest BCUT2D eigenvalue weighted by Gasteiger charge is 2.64. The van der Waals surface area contributed by atoms with Crippen LogP contribution in [0.1, 0.15) is 83.6 Å². The number of hydrogen-bond acceptors (Lipinski definition) is 4. The monoisotopic (exact) mass is 417 g/mol. The molecule has 3 rings (SSSR count). The van der Waals surface area contributed by atoms with E-state index in [2.05, 4.69) is 36.1 Å². The molecule has 2 aliphatic heterocycles. The predicted octanol–water partition coefficient (Wildman–Crippen LogP) is 5.91. The molecule has 1 aromatic rings. The van der Waals surface area contributed by atoms with Gasteiger partial charge in [-0.25, -0.2) is 5.21 Å². The number of ether oxygens (including phenoxy) is 1. The summed E-state index contributed by atoms with van der Waals surface area (Å²) in [5.41, 5.74) is 0.797. The van der Waals surface area contributed by atoms with Crippen LogP contribution in [0.25, 0.3) is 0 Å². The second-order valence-electron chi connectivity index (χ2n) is 9.40. The lowest BCUT2D eigenvalue weighted by molar-refractivity contribution is -1.05. The molecule has 5 heteroatoms. The number of amides is 1. The summed E-state index contributed by atoms with van der Waals surface area (Å²) in [5, 5.41) is 11.2. The number of quaternary nitrogens is 1. The molecular formula is C25H41N2O3+. The van der Waals surface area contributed by atoms with Crippen molar-refractivity contribution >= 4 is 6.09 Å². The average molecular weight is 418 g/mol. The summed E-state index contributed by atoms with van der Waals surface area (Å²) in [6.07, 6.45) is 10.8. The molecule has 0 radical (unpaired) electrons. The summed E-state index contributed by atoms with van der Waals surface area (Å²) in [7, 11) is 0. The van der Waals surface area contributed by atoms with Gasteiger partial charge in [0, 0.05) is 38.9 Å². The zero-order valence-electron chi connectivity index (χ0n) is 19.0. The molecule has 2 atom stereocenters. The van der Waals surface area contributed by atoms with Crippen molar-refractivity contribution in [2.24, 2.45) is 0 Å². The summed E-state index contributed by atoms with van der Waals surface area (Å²) < 4.78 is 5.36. The quantitative estimate of drug-likeness (QED) is 0.276. The summed E-state index contributed by atoms with van der Waals surface area (Å²) in [6.45, 7) is 7.43. The molecule has 0 aromatic heterocycles. The van der Waals surface area contributed by atoms with Crippen LogP contribution in [0.4, 0.5) is 4.79 Å². The molecule has 1 spiro atoms. The van der Waals surface area contributed by atoms with Crippen LogP contribution in [0.15, 0.2) is 30.3 Å². The van der Waals surface area contributed by atoms with E-state index in [1.807, 2.05) is 13.0 Å². The summed E-state index contributed by atoms with van der Waals surface area (Å²) >= 11 is 0. The van der Waals surface area contributed by atoms with Gasteiger partial charge >= 0.3 is 6.09 Å². The molecule has 2 saturated heterocycles. The normalized spacial score (nSPS) is 26.2. The van der Waals surface area contributed by atoms with Gasteiger partial charge in [-0.05, 0) is 18.9 Å². The highest BCUT2D eigenvalue weighted by molar-refractivity contribution is 5.62. The molecule has 2 heterocycles. The first-order valence-electron chi connectivity index (χ1n) is 12.1. The van der Waals surface area contributed by atoms with E-state index in [-0.39, 0.29) is 6.04 Å². The van der Waals surface area contributed by atoms with Crippen molar-refractivity contribution in [3.8, 4) is 0 Å². The van der Waals surface area contributed by atoms with E-state index in [0.717, 1.165) is 45.3 Å². The zero-order valence-corrected chi connectivity index (χ0v) is 19.0. The van der Waals surface area contributed by atoms with Gasteiger partial charge in [-0.15, -0.1) is 0 Å². The minimum atomic E-state index is -0.533. The SMILES string of the molecule is CCCCCCCCCC[N+]1(O)C(=O)OC2(CCN(Cc3ccccc3)CC2)C1C. The van der Waals surface area contributed by atoms with E-state index in [4.69, 9.17) is 4.74 Å². The van der Waals surface area contributed by atoms with E-state index in [0.29, 0.717) is 6.54 Å². The Morgan fingerprint density at radius 1 is 1.03 bits per heavy atom. The highest BCUT2D eigenvalue weighted by Crippen LogP contribution is 2.42. The van der Waals surface area contributed by atoms with Crippen molar-refractivity contribution < 1.29 is 19.4 Å². The first kappa shape index (κ1) is 23.2. The number of hydroxylamine groups is 3. The molecule has 30 heavy (non-hydrogen) atoms. The van der Waals surface area contributed by atoms with Crippen LogP contribution in [0.3, 0.4) is 0 Å². The Kier molecular flexibility index (Phi) is 8.32. The van der Waals surface area contributed by atoms with Gasteiger partial charge in [0.05, 0.1) is 0 Å². The van der Waals surface area contributed by atoms with E-state index in [1.165, 1.54) is 44.1 Å². The zero-order chi connectivity index (χ0) is 21.5.